The Kier molecular flexibility index (Phi) is 4.06. The fraction of sp³-hybridized carbons (Fsp3) is 0.500. The number of nitrogens with one attached hydrogen (secondary N) is 1. The van der Waals surface area contributed by atoms with Gasteiger partial charge in [-0.05, 0) is 44.1 Å². The van der Waals surface area contributed by atoms with Gasteiger partial charge >= 0.3 is 7.05 Å². The Balaban J connectivity index is 2.08. The van der Waals surface area contributed by atoms with Crippen molar-refractivity contribution in [2.24, 2.45) is 0 Å². The monoisotopic (exact) mass is 242 g/mol. The fourth-order valence-electron chi connectivity index (χ4n) is 2.84. The molecule has 3 nitrogen and oxygen atoms in total. The van der Waals surface area contributed by atoms with Gasteiger partial charge in [0.2, 0.25) is 0 Å². The van der Waals surface area contributed by atoms with E-state index in [0.29, 0.717) is 6.04 Å². The third kappa shape index (κ3) is 2.74. The summed E-state index contributed by atoms with van der Waals surface area (Å²) in [5.74, 6) is 0. The highest BCUT2D eigenvalue weighted by Gasteiger charge is 2.37. The summed E-state index contributed by atoms with van der Waals surface area (Å²) in [7, 11) is -0.471. The summed E-state index contributed by atoms with van der Waals surface area (Å²) < 4.78 is 0. The molecular formula is C14H19BN2O. The van der Waals surface area contributed by atoms with Gasteiger partial charge in [0, 0.05) is 0 Å². The second kappa shape index (κ2) is 5.56. The van der Waals surface area contributed by atoms with Gasteiger partial charge in [0.1, 0.15) is 0 Å². The van der Waals surface area contributed by atoms with Crippen LogP contribution < -0.4 is 5.23 Å². The second-order valence-corrected chi connectivity index (χ2v) is 5.18. The molecule has 0 radical (unpaired) electrons. The number of nitrogens with zero attached hydrogens (tertiary/aromatic N) is 1. The maximum atomic E-state index is 9.54. The van der Waals surface area contributed by atoms with Crippen molar-refractivity contribution in [1.29, 1.82) is 5.26 Å². The zero-order valence-corrected chi connectivity index (χ0v) is 10.8. The maximum absolute atomic E-state index is 9.54. The van der Waals surface area contributed by atoms with E-state index in [1.54, 1.807) is 6.82 Å². The van der Waals surface area contributed by atoms with Crippen molar-refractivity contribution < 1.29 is 5.02 Å². The summed E-state index contributed by atoms with van der Waals surface area (Å²) in [5.41, 5.74) is 0.793. The number of rotatable bonds is 3. The van der Waals surface area contributed by atoms with Crippen molar-refractivity contribution in [2.45, 2.75) is 44.0 Å². The highest BCUT2D eigenvalue weighted by Crippen LogP contribution is 2.38. The van der Waals surface area contributed by atoms with E-state index in [2.05, 4.69) is 11.3 Å². The van der Waals surface area contributed by atoms with Crippen LogP contribution in [-0.4, -0.2) is 18.1 Å². The summed E-state index contributed by atoms with van der Waals surface area (Å²) in [5, 5.41) is 22.0. The van der Waals surface area contributed by atoms with Gasteiger partial charge in [-0.15, -0.1) is 0 Å². The summed E-state index contributed by atoms with van der Waals surface area (Å²) in [6.07, 6.45) is 3.59. The molecule has 1 fully saturated rings. The lowest BCUT2D eigenvalue weighted by molar-refractivity contribution is 0.312. The molecule has 1 aliphatic rings. The molecule has 1 saturated carbocycles. The average molecular weight is 242 g/mol. The fourth-order valence-corrected chi connectivity index (χ4v) is 2.84. The Labute approximate surface area is 109 Å². The first-order chi connectivity index (χ1) is 8.66. The van der Waals surface area contributed by atoms with E-state index >= 15 is 0 Å². The Morgan fingerprint density at radius 1 is 1.33 bits per heavy atom. The zero-order chi connectivity index (χ0) is 13.0. The van der Waals surface area contributed by atoms with Crippen LogP contribution >= 0.6 is 0 Å². The largest absolute Gasteiger partial charge is 0.437 e. The van der Waals surface area contributed by atoms with Crippen LogP contribution in [0.25, 0.3) is 0 Å². The van der Waals surface area contributed by atoms with Gasteiger partial charge in [-0.2, -0.15) is 5.26 Å². The molecule has 1 aromatic carbocycles. The van der Waals surface area contributed by atoms with Crippen LogP contribution in [0.1, 0.15) is 31.2 Å². The van der Waals surface area contributed by atoms with E-state index in [0.717, 1.165) is 31.2 Å². The highest BCUT2D eigenvalue weighted by molar-refractivity contribution is 6.45. The van der Waals surface area contributed by atoms with Gasteiger partial charge in [-0.1, -0.05) is 30.3 Å². The predicted molar refractivity (Wildman–Crippen MR) is 73.0 cm³/mol. The highest BCUT2D eigenvalue weighted by atomic mass is 16.2. The Morgan fingerprint density at radius 3 is 2.44 bits per heavy atom. The molecular weight excluding hydrogens is 223 g/mol. The maximum Gasteiger partial charge on any atom is 0.373 e. The van der Waals surface area contributed by atoms with Crippen LogP contribution in [0.3, 0.4) is 0 Å². The first kappa shape index (κ1) is 13.1. The molecule has 0 aliphatic heterocycles. The van der Waals surface area contributed by atoms with Gasteiger partial charge in [-0.3, -0.25) is 0 Å². The molecule has 18 heavy (non-hydrogen) atoms. The summed E-state index contributed by atoms with van der Waals surface area (Å²) in [6.45, 7) is 1.74. The normalized spacial score (nSPS) is 27.5. The third-order valence-corrected chi connectivity index (χ3v) is 3.86. The van der Waals surface area contributed by atoms with Crippen LogP contribution in [0, 0.1) is 11.3 Å². The van der Waals surface area contributed by atoms with Crippen LogP contribution in [0.5, 0.6) is 0 Å². The van der Waals surface area contributed by atoms with E-state index in [4.69, 9.17) is 0 Å². The van der Waals surface area contributed by atoms with Gasteiger partial charge in [0.25, 0.3) is 0 Å². The molecule has 0 amide bonds. The number of hydrogen-bond acceptors (Lipinski definition) is 3. The van der Waals surface area contributed by atoms with Gasteiger partial charge < -0.3 is 10.3 Å². The van der Waals surface area contributed by atoms with Crippen LogP contribution in [0.15, 0.2) is 30.3 Å². The Bertz CT molecular complexity index is 419. The molecule has 94 valence electrons. The number of benzene rings is 1. The van der Waals surface area contributed by atoms with Crippen molar-refractivity contribution in [2.75, 3.05) is 0 Å². The van der Waals surface area contributed by atoms with Crippen LogP contribution in [0.4, 0.5) is 0 Å². The molecule has 0 aromatic heterocycles. The summed E-state index contributed by atoms with van der Waals surface area (Å²) in [4.78, 5) is 0. The lowest BCUT2D eigenvalue weighted by Gasteiger charge is -2.36. The van der Waals surface area contributed by atoms with Crippen molar-refractivity contribution in [3.63, 3.8) is 0 Å². The van der Waals surface area contributed by atoms with Gasteiger partial charge in [0.05, 0.1) is 11.5 Å². The van der Waals surface area contributed by atoms with E-state index in [-0.39, 0.29) is 5.41 Å². The van der Waals surface area contributed by atoms with Crippen molar-refractivity contribution in [3.05, 3.63) is 35.9 Å². The zero-order valence-electron chi connectivity index (χ0n) is 10.8. The quantitative estimate of drug-likeness (QED) is 0.798. The Hall–Kier alpha value is -1.31. The molecule has 1 aromatic rings. The molecule has 2 rings (SSSR count). The molecule has 1 aliphatic carbocycles. The molecule has 2 N–H and O–H groups in total. The van der Waals surface area contributed by atoms with Gasteiger partial charge in [0.15, 0.2) is 0 Å². The van der Waals surface area contributed by atoms with Crippen molar-refractivity contribution in [3.8, 4) is 6.07 Å². The SMILES string of the molecule is CB(O)NC1CCC(C#N)(c2ccccc2)CC1. The third-order valence-electron chi connectivity index (χ3n) is 3.86. The first-order valence-corrected chi connectivity index (χ1v) is 6.57. The van der Waals surface area contributed by atoms with Crippen LogP contribution in [-0.2, 0) is 5.41 Å². The second-order valence-electron chi connectivity index (χ2n) is 5.18. The Morgan fingerprint density at radius 2 is 1.94 bits per heavy atom. The van der Waals surface area contributed by atoms with E-state index < -0.39 is 7.05 Å². The smallest absolute Gasteiger partial charge is 0.373 e. The molecule has 0 spiro atoms. The molecule has 0 atom stereocenters. The summed E-state index contributed by atoms with van der Waals surface area (Å²) in [6, 6.07) is 12.9. The molecule has 4 heteroatoms. The average Bonchev–Trinajstić information content (AvgIpc) is 2.40. The molecule has 0 heterocycles. The van der Waals surface area contributed by atoms with Crippen molar-refractivity contribution >= 4 is 7.05 Å². The van der Waals surface area contributed by atoms with Crippen molar-refractivity contribution in [1.82, 2.24) is 5.23 Å². The first-order valence-electron chi connectivity index (χ1n) is 6.57. The lowest BCUT2D eigenvalue weighted by atomic mass is 9.68. The topological polar surface area (TPSA) is 56.0 Å². The lowest BCUT2D eigenvalue weighted by Crippen LogP contribution is -2.44. The summed E-state index contributed by atoms with van der Waals surface area (Å²) >= 11 is 0. The predicted octanol–water partition coefficient (Wildman–Crippen LogP) is 2.09. The van der Waals surface area contributed by atoms with E-state index in [9.17, 15) is 10.3 Å². The number of nitriles is 1. The minimum Gasteiger partial charge on any atom is -0.437 e. The van der Waals surface area contributed by atoms with Crippen LogP contribution in [0.2, 0.25) is 6.82 Å². The van der Waals surface area contributed by atoms with E-state index in [1.807, 2.05) is 30.3 Å². The van der Waals surface area contributed by atoms with Gasteiger partial charge in [-0.25, -0.2) is 0 Å². The number of hydrogen-bond donors (Lipinski definition) is 2. The standard InChI is InChI=1S/C14H19BN2O/c1-15(18)17-13-7-9-14(11-16,10-8-13)12-5-3-2-4-6-12/h2-6,13,17-18H,7-10H2,1H3. The minimum absolute atomic E-state index is 0.329. The van der Waals surface area contributed by atoms with E-state index in [1.165, 1.54) is 0 Å². The molecule has 0 saturated heterocycles. The minimum atomic E-state index is -0.471. The molecule has 0 bridgehead atoms. The molecule has 0 unspecified atom stereocenters.